The zero-order valence-corrected chi connectivity index (χ0v) is 20.9. The fraction of sp³-hybridized carbons (Fsp3) is 0.409. The minimum absolute atomic E-state index is 0.0324. The summed E-state index contributed by atoms with van der Waals surface area (Å²) in [6, 6.07) is 16.4. The van der Waals surface area contributed by atoms with Gasteiger partial charge in [-0.3, -0.25) is 13.8 Å². The third-order valence-corrected chi connectivity index (χ3v) is 7.72. The molecule has 0 aromatic heterocycles. The molecule has 2 aromatic rings. The molecular weight excluding hydrogens is 467 g/mol. The molecule has 0 saturated carbocycles. The lowest BCUT2D eigenvalue weighted by Gasteiger charge is -2.23. The molecule has 0 atom stereocenters. The first kappa shape index (κ1) is 27.0. The number of rotatable bonds is 13. The first-order valence-electron chi connectivity index (χ1n) is 10.6. The summed E-state index contributed by atoms with van der Waals surface area (Å²) < 4.78 is 50.5. The van der Waals surface area contributed by atoms with E-state index in [0.29, 0.717) is 5.75 Å². The lowest BCUT2D eigenvalue weighted by Crippen LogP contribution is -2.37. The van der Waals surface area contributed by atoms with E-state index in [0.717, 1.165) is 4.47 Å². The van der Waals surface area contributed by atoms with E-state index >= 15 is 0 Å². The van der Waals surface area contributed by atoms with Gasteiger partial charge >= 0.3 is 13.2 Å². The number of nitrogens with one attached hydrogen (secondary N) is 1. The van der Waals surface area contributed by atoms with E-state index in [9.17, 15) is 17.8 Å². The van der Waals surface area contributed by atoms with Gasteiger partial charge in [-0.1, -0.05) is 36.4 Å². The summed E-state index contributed by atoms with van der Waals surface area (Å²) in [6.45, 7) is 6.57. The van der Waals surface area contributed by atoms with Gasteiger partial charge in [-0.05, 0) is 62.8 Å². The van der Waals surface area contributed by atoms with Crippen molar-refractivity contribution in [3.8, 4) is 5.75 Å². The predicted molar refractivity (Wildman–Crippen MR) is 125 cm³/mol. The standard InChI is InChI=1S/C22H31N2O7PS/c1-18(2)30-32(26,31-19(3)4)22(25)23-16-11-17-24(29-20-12-7-5-8-13-20)33(27,28)21-14-9-6-10-15-21/h5-10,12-15,18-19H,11,16-17H2,1-4H3,(H,23,25). The molecule has 0 unspecified atom stereocenters. The molecular formula is C22H31N2O7PS. The Balaban J connectivity index is 2.08. The van der Waals surface area contributed by atoms with Crippen molar-refractivity contribution >= 4 is 23.3 Å². The van der Waals surface area contributed by atoms with E-state index in [1.54, 1.807) is 76.2 Å². The van der Waals surface area contributed by atoms with Crippen LogP contribution >= 0.6 is 7.60 Å². The number of hydrogen-bond donors (Lipinski definition) is 1. The number of para-hydroxylation sites is 1. The molecule has 0 aliphatic heterocycles. The molecule has 0 saturated heterocycles. The van der Waals surface area contributed by atoms with E-state index in [-0.39, 0.29) is 24.4 Å². The maximum absolute atomic E-state index is 13.1. The predicted octanol–water partition coefficient (Wildman–Crippen LogP) is 4.81. The fourth-order valence-corrected chi connectivity index (χ4v) is 5.65. The normalized spacial score (nSPS) is 12.3. The summed E-state index contributed by atoms with van der Waals surface area (Å²) in [7, 11) is -8.00. The number of carbonyl (C=O) groups excluding carboxylic acids is 1. The molecule has 11 heteroatoms. The molecule has 0 bridgehead atoms. The van der Waals surface area contributed by atoms with E-state index in [2.05, 4.69) is 5.32 Å². The van der Waals surface area contributed by atoms with Crippen LogP contribution in [0.5, 0.6) is 5.75 Å². The molecule has 9 nitrogen and oxygen atoms in total. The fourth-order valence-electron chi connectivity index (χ4n) is 2.70. The summed E-state index contributed by atoms with van der Waals surface area (Å²) in [5, 5.41) is 2.52. The number of amides is 1. The maximum atomic E-state index is 13.1. The van der Waals surface area contributed by atoms with Crippen molar-refractivity contribution in [1.29, 1.82) is 0 Å². The lowest BCUT2D eigenvalue weighted by atomic mass is 10.3. The Hall–Kier alpha value is -2.23. The summed E-state index contributed by atoms with van der Waals surface area (Å²) in [4.78, 5) is 18.2. The van der Waals surface area contributed by atoms with Crippen LogP contribution < -0.4 is 10.2 Å². The van der Waals surface area contributed by atoms with Gasteiger partial charge in [-0.15, -0.1) is 0 Å². The second-order valence-corrected chi connectivity index (χ2v) is 11.3. The largest absolute Gasteiger partial charge is 0.418 e. The molecule has 182 valence electrons. The van der Waals surface area contributed by atoms with Gasteiger partial charge < -0.3 is 10.2 Å². The SMILES string of the molecule is CC(C)OP(=O)(OC(C)C)C(=O)NCCCN(Oc1ccccc1)S(=O)(=O)c1ccccc1. The van der Waals surface area contributed by atoms with Crippen molar-refractivity contribution < 1.29 is 31.7 Å². The smallest absolute Gasteiger partial charge is 0.391 e. The zero-order valence-electron chi connectivity index (χ0n) is 19.2. The second kappa shape index (κ2) is 12.3. The lowest BCUT2D eigenvalue weighted by molar-refractivity contribution is 0.0352. The number of hydroxylamine groups is 1. The minimum Gasteiger partial charge on any atom is -0.391 e. The number of benzene rings is 2. The van der Waals surface area contributed by atoms with E-state index in [1.165, 1.54) is 12.1 Å². The monoisotopic (exact) mass is 498 g/mol. The summed E-state index contributed by atoms with van der Waals surface area (Å²) >= 11 is 0. The topological polar surface area (TPSA) is 111 Å². The Morgan fingerprint density at radius 1 is 0.939 bits per heavy atom. The maximum Gasteiger partial charge on any atom is 0.418 e. The Morgan fingerprint density at radius 3 is 1.97 bits per heavy atom. The third kappa shape index (κ3) is 8.24. The van der Waals surface area contributed by atoms with E-state index in [1.807, 2.05) is 0 Å². The Bertz CT molecular complexity index is 1020. The van der Waals surface area contributed by atoms with Crippen LogP contribution in [-0.2, 0) is 23.6 Å². The number of nitrogens with zero attached hydrogens (tertiary/aromatic N) is 1. The Kier molecular flexibility index (Phi) is 10.1. The highest BCUT2D eigenvalue weighted by atomic mass is 32.2. The van der Waals surface area contributed by atoms with Gasteiger partial charge in [0.15, 0.2) is 0 Å². The zero-order chi connectivity index (χ0) is 24.5. The average molecular weight is 499 g/mol. The molecule has 1 N–H and O–H groups in total. The highest BCUT2D eigenvalue weighted by Gasteiger charge is 2.37. The van der Waals surface area contributed by atoms with Gasteiger partial charge in [0, 0.05) is 6.54 Å². The van der Waals surface area contributed by atoms with Crippen LogP contribution in [0, 0.1) is 0 Å². The second-order valence-electron chi connectivity index (χ2n) is 7.64. The first-order valence-corrected chi connectivity index (χ1v) is 13.6. The van der Waals surface area contributed by atoms with E-state index < -0.39 is 35.5 Å². The summed E-state index contributed by atoms with van der Waals surface area (Å²) in [6.07, 6.45) is -0.772. The number of carbonyl (C=O) groups is 1. The molecule has 0 heterocycles. The molecule has 2 rings (SSSR count). The van der Waals surface area contributed by atoms with Crippen LogP contribution in [0.2, 0.25) is 0 Å². The average Bonchev–Trinajstić information content (AvgIpc) is 2.75. The molecule has 0 radical (unpaired) electrons. The number of sulfonamides is 1. The van der Waals surface area contributed by atoms with Crippen molar-refractivity contribution in [3.05, 3.63) is 60.7 Å². The van der Waals surface area contributed by atoms with Crippen molar-refractivity contribution in [3.63, 3.8) is 0 Å². The molecule has 1 amide bonds. The quantitative estimate of drug-likeness (QED) is 0.240. The highest BCUT2D eigenvalue weighted by Crippen LogP contribution is 2.51. The van der Waals surface area contributed by atoms with Crippen molar-refractivity contribution in [2.24, 2.45) is 0 Å². The van der Waals surface area contributed by atoms with Crippen LogP contribution in [0.15, 0.2) is 65.6 Å². The van der Waals surface area contributed by atoms with Crippen LogP contribution in [-0.4, -0.2) is 43.8 Å². The van der Waals surface area contributed by atoms with Gasteiger partial charge in [0.25, 0.3) is 10.0 Å². The molecule has 0 fully saturated rings. The Labute approximate surface area is 195 Å². The summed E-state index contributed by atoms with van der Waals surface area (Å²) in [5.41, 5.74) is -0.869. The van der Waals surface area contributed by atoms with Gasteiger partial charge in [-0.2, -0.15) is 0 Å². The highest BCUT2D eigenvalue weighted by molar-refractivity contribution is 7.89. The van der Waals surface area contributed by atoms with Crippen LogP contribution in [0.1, 0.15) is 34.1 Å². The van der Waals surface area contributed by atoms with Crippen LogP contribution in [0.4, 0.5) is 4.79 Å². The molecule has 2 aromatic carbocycles. The molecule has 0 spiro atoms. The molecule has 0 aliphatic carbocycles. The molecule has 33 heavy (non-hydrogen) atoms. The van der Waals surface area contributed by atoms with Crippen LogP contribution in [0.3, 0.4) is 0 Å². The van der Waals surface area contributed by atoms with Crippen molar-refractivity contribution in [2.75, 3.05) is 13.1 Å². The van der Waals surface area contributed by atoms with Crippen molar-refractivity contribution in [1.82, 2.24) is 9.79 Å². The van der Waals surface area contributed by atoms with Crippen molar-refractivity contribution in [2.45, 2.75) is 51.2 Å². The van der Waals surface area contributed by atoms with E-state index in [4.69, 9.17) is 13.9 Å². The third-order valence-electron chi connectivity index (χ3n) is 4.00. The number of hydrogen-bond acceptors (Lipinski definition) is 7. The summed E-state index contributed by atoms with van der Waals surface area (Å²) in [5.74, 6) is 0.348. The molecule has 0 aliphatic rings. The Morgan fingerprint density at radius 2 is 1.45 bits per heavy atom. The minimum atomic E-state index is -4.03. The van der Waals surface area contributed by atoms with Crippen LogP contribution in [0.25, 0.3) is 0 Å². The first-order chi connectivity index (χ1) is 15.5. The van der Waals surface area contributed by atoms with Gasteiger partial charge in [0.1, 0.15) is 5.75 Å². The van der Waals surface area contributed by atoms with Gasteiger partial charge in [-0.25, -0.2) is 13.0 Å². The van der Waals surface area contributed by atoms with Gasteiger partial charge in [0.05, 0.1) is 23.6 Å². The van der Waals surface area contributed by atoms with Gasteiger partial charge in [0.2, 0.25) is 0 Å².